The number of amides is 3. The van der Waals surface area contributed by atoms with Gasteiger partial charge in [-0.3, -0.25) is 4.79 Å². The predicted octanol–water partition coefficient (Wildman–Crippen LogP) is 1.84. The Hall–Kier alpha value is -1.99. The summed E-state index contributed by atoms with van der Waals surface area (Å²) in [7, 11) is 3.82. The Labute approximate surface area is 139 Å². The first-order valence-corrected chi connectivity index (χ1v) is 7.80. The molecule has 3 rings (SSSR count). The van der Waals surface area contributed by atoms with E-state index in [1.165, 1.54) is 0 Å². The number of benzene rings is 1. The number of ether oxygens (including phenoxy) is 1. The lowest BCUT2D eigenvalue weighted by atomic mass is 10.2. The number of fused-ring (bicyclic) bond motifs is 1. The lowest BCUT2D eigenvalue weighted by Gasteiger charge is -2.25. The molecule has 1 saturated heterocycles. The Balaban J connectivity index is 1.72. The molecule has 0 unspecified atom stereocenters. The van der Waals surface area contributed by atoms with Crippen molar-refractivity contribution in [3.8, 4) is 5.75 Å². The van der Waals surface area contributed by atoms with Gasteiger partial charge in [0.25, 0.3) is 5.91 Å². The molecule has 0 saturated carbocycles. The van der Waals surface area contributed by atoms with E-state index in [4.69, 9.17) is 16.3 Å². The highest BCUT2D eigenvalue weighted by atomic mass is 35.5. The number of hydrogen-bond acceptors (Lipinski definition) is 4. The maximum absolute atomic E-state index is 12.4. The van der Waals surface area contributed by atoms with Gasteiger partial charge in [-0.2, -0.15) is 0 Å². The van der Waals surface area contributed by atoms with Crippen LogP contribution in [0.1, 0.15) is 6.42 Å². The van der Waals surface area contributed by atoms with Gasteiger partial charge in [0.05, 0.1) is 10.7 Å². The predicted molar refractivity (Wildman–Crippen MR) is 88.3 cm³/mol. The summed E-state index contributed by atoms with van der Waals surface area (Å²) in [4.78, 5) is 27.7. The normalized spacial score (nSPS) is 20.5. The first-order valence-electron chi connectivity index (χ1n) is 7.42. The molecular weight excluding hydrogens is 320 g/mol. The van der Waals surface area contributed by atoms with Gasteiger partial charge in [-0.1, -0.05) is 11.6 Å². The van der Waals surface area contributed by atoms with Gasteiger partial charge in [-0.25, -0.2) is 4.79 Å². The standard InChI is InChI=1S/C15H19ClN4O3/c1-19-4-3-10(7-19)20(2)15(22)17-9-5-11(16)14-12(6-9)18-13(21)8-23-14/h5-6,10H,3-4,7-8H2,1-2H3,(H,17,22)(H,18,21)/t10-/m1/s1. The number of nitrogens with zero attached hydrogens (tertiary/aromatic N) is 2. The van der Waals surface area contributed by atoms with Crippen LogP contribution >= 0.6 is 11.6 Å². The Morgan fingerprint density at radius 2 is 2.30 bits per heavy atom. The van der Waals surface area contributed by atoms with Crippen LogP contribution in [0.25, 0.3) is 0 Å². The van der Waals surface area contributed by atoms with E-state index >= 15 is 0 Å². The molecule has 1 fully saturated rings. The summed E-state index contributed by atoms with van der Waals surface area (Å²) in [5.41, 5.74) is 0.982. The number of likely N-dealkylation sites (N-methyl/N-ethyl adjacent to an activating group) is 2. The third-order valence-corrected chi connectivity index (χ3v) is 4.43. The SMILES string of the molecule is CN1CC[C@@H](N(C)C(=O)Nc2cc(Cl)c3c(c2)NC(=O)CO3)C1. The number of halogens is 1. The summed E-state index contributed by atoms with van der Waals surface area (Å²) >= 11 is 6.16. The monoisotopic (exact) mass is 338 g/mol. The average Bonchev–Trinajstić information content (AvgIpc) is 2.92. The van der Waals surface area contributed by atoms with Gasteiger partial charge in [0.15, 0.2) is 12.4 Å². The molecule has 2 aliphatic rings. The molecule has 0 bridgehead atoms. The minimum Gasteiger partial charge on any atom is -0.480 e. The first-order chi connectivity index (χ1) is 10.9. The van der Waals surface area contributed by atoms with E-state index in [0.29, 0.717) is 22.1 Å². The maximum atomic E-state index is 12.4. The number of rotatable bonds is 2. The molecule has 124 valence electrons. The molecule has 0 radical (unpaired) electrons. The van der Waals surface area contributed by atoms with Gasteiger partial charge in [-0.15, -0.1) is 0 Å². The van der Waals surface area contributed by atoms with Crippen LogP contribution in [0.4, 0.5) is 16.2 Å². The van der Waals surface area contributed by atoms with Crippen LogP contribution in [-0.2, 0) is 4.79 Å². The second-order valence-corrected chi connectivity index (χ2v) is 6.32. The zero-order chi connectivity index (χ0) is 16.6. The molecule has 2 heterocycles. The van der Waals surface area contributed by atoms with Crippen molar-refractivity contribution in [2.24, 2.45) is 0 Å². The molecule has 0 aliphatic carbocycles. The highest BCUT2D eigenvalue weighted by Crippen LogP contribution is 2.38. The van der Waals surface area contributed by atoms with Crippen molar-refractivity contribution < 1.29 is 14.3 Å². The Morgan fingerprint density at radius 1 is 1.52 bits per heavy atom. The summed E-state index contributed by atoms with van der Waals surface area (Å²) < 4.78 is 5.29. The minimum absolute atomic E-state index is 0.0592. The molecule has 7 nitrogen and oxygen atoms in total. The summed E-state index contributed by atoms with van der Waals surface area (Å²) in [6.07, 6.45) is 0.954. The third kappa shape index (κ3) is 3.35. The molecule has 8 heteroatoms. The van der Waals surface area contributed by atoms with Crippen LogP contribution < -0.4 is 15.4 Å². The van der Waals surface area contributed by atoms with E-state index in [0.717, 1.165) is 19.5 Å². The molecule has 1 aromatic carbocycles. The lowest BCUT2D eigenvalue weighted by molar-refractivity contribution is -0.118. The van der Waals surface area contributed by atoms with E-state index in [9.17, 15) is 9.59 Å². The summed E-state index contributed by atoms with van der Waals surface area (Å²) in [6.45, 7) is 1.78. The fourth-order valence-electron chi connectivity index (χ4n) is 2.83. The van der Waals surface area contributed by atoms with E-state index in [1.54, 1.807) is 24.1 Å². The largest absolute Gasteiger partial charge is 0.480 e. The number of carbonyl (C=O) groups is 2. The van der Waals surface area contributed by atoms with E-state index < -0.39 is 0 Å². The summed E-state index contributed by atoms with van der Waals surface area (Å²) in [6, 6.07) is 3.25. The van der Waals surface area contributed by atoms with Crippen molar-refractivity contribution in [2.75, 3.05) is 44.4 Å². The lowest BCUT2D eigenvalue weighted by Crippen LogP contribution is -2.41. The molecule has 2 aliphatic heterocycles. The van der Waals surface area contributed by atoms with Crippen molar-refractivity contribution in [3.63, 3.8) is 0 Å². The van der Waals surface area contributed by atoms with Crippen molar-refractivity contribution >= 4 is 34.9 Å². The van der Waals surface area contributed by atoms with Crippen LogP contribution in [0.5, 0.6) is 5.75 Å². The second kappa shape index (κ2) is 6.25. The molecular formula is C15H19ClN4O3. The van der Waals surface area contributed by atoms with Crippen LogP contribution in [0.3, 0.4) is 0 Å². The zero-order valence-corrected chi connectivity index (χ0v) is 13.8. The zero-order valence-electron chi connectivity index (χ0n) is 13.1. The van der Waals surface area contributed by atoms with E-state index in [1.807, 2.05) is 7.05 Å². The molecule has 3 amide bonds. The fourth-order valence-corrected chi connectivity index (χ4v) is 3.11. The van der Waals surface area contributed by atoms with Gasteiger partial charge >= 0.3 is 6.03 Å². The minimum atomic E-state index is -0.247. The number of anilines is 2. The average molecular weight is 339 g/mol. The maximum Gasteiger partial charge on any atom is 0.321 e. The van der Waals surface area contributed by atoms with Crippen LogP contribution in [-0.4, -0.2) is 61.6 Å². The fraction of sp³-hybridized carbons (Fsp3) is 0.467. The molecule has 2 N–H and O–H groups in total. The summed E-state index contributed by atoms with van der Waals surface area (Å²) in [5.74, 6) is 0.179. The number of nitrogens with one attached hydrogen (secondary N) is 2. The van der Waals surface area contributed by atoms with Crippen molar-refractivity contribution in [2.45, 2.75) is 12.5 Å². The second-order valence-electron chi connectivity index (χ2n) is 5.92. The van der Waals surface area contributed by atoms with Crippen LogP contribution in [0.15, 0.2) is 12.1 Å². The van der Waals surface area contributed by atoms with Gasteiger partial charge in [0, 0.05) is 25.3 Å². The Bertz CT molecular complexity index is 652. The highest BCUT2D eigenvalue weighted by molar-refractivity contribution is 6.33. The Kier molecular flexibility index (Phi) is 4.32. The van der Waals surface area contributed by atoms with Gasteiger partial charge in [-0.05, 0) is 32.1 Å². The quantitative estimate of drug-likeness (QED) is 0.863. The van der Waals surface area contributed by atoms with Gasteiger partial charge in [0.2, 0.25) is 0 Å². The van der Waals surface area contributed by atoms with E-state index in [2.05, 4.69) is 15.5 Å². The third-order valence-electron chi connectivity index (χ3n) is 4.15. The molecule has 0 spiro atoms. The Morgan fingerprint density at radius 3 is 3.00 bits per heavy atom. The molecule has 23 heavy (non-hydrogen) atoms. The van der Waals surface area contributed by atoms with Crippen molar-refractivity contribution in [3.05, 3.63) is 17.2 Å². The molecule has 1 atom stereocenters. The van der Waals surface area contributed by atoms with E-state index in [-0.39, 0.29) is 24.6 Å². The number of likely N-dealkylation sites (tertiary alicyclic amines) is 1. The van der Waals surface area contributed by atoms with Crippen molar-refractivity contribution in [1.29, 1.82) is 0 Å². The first kappa shape index (κ1) is 15.9. The van der Waals surface area contributed by atoms with Crippen LogP contribution in [0, 0.1) is 0 Å². The number of hydrogen-bond donors (Lipinski definition) is 2. The van der Waals surface area contributed by atoms with Crippen molar-refractivity contribution in [1.82, 2.24) is 9.80 Å². The smallest absolute Gasteiger partial charge is 0.321 e. The summed E-state index contributed by atoms with van der Waals surface area (Å²) in [5, 5.41) is 5.85. The highest BCUT2D eigenvalue weighted by Gasteiger charge is 2.27. The molecule has 0 aromatic heterocycles. The topological polar surface area (TPSA) is 73.9 Å². The number of urea groups is 1. The molecule has 1 aromatic rings. The van der Waals surface area contributed by atoms with Gasteiger partial charge < -0.3 is 25.2 Å². The van der Waals surface area contributed by atoms with Crippen LogP contribution in [0.2, 0.25) is 5.02 Å². The van der Waals surface area contributed by atoms with Gasteiger partial charge in [0.1, 0.15) is 0 Å². The number of carbonyl (C=O) groups excluding carboxylic acids is 2.